The van der Waals surface area contributed by atoms with Crippen LogP contribution in [-0.2, 0) is 4.79 Å². The van der Waals surface area contributed by atoms with E-state index >= 15 is 0 Å². The molecule has 0 spiro atoms. The third kappa shape index (κ3) is 4.93. The van der Waals surface area contributed by atoms with Crippen LogP contribution in [0.5, 0.6) is 5.75 Å². The minimum Gasteiger partial charge on any atom is -0.483 e. The number of carbonyl (C=O) groups is 2. The van der Waals surface area contributed by atoms with Gasteiger partial charge in [-0.2, -0.15) is 0 Å². The van der Waals surface area contributed by atoms with Gasteiger partial charge in [-0.1, -0.05) is 24.3 Å². The third-order valence-electron chi connectivity index (χ3n) is 3.67. The van der Waals surface area contributed by atoms with Crippen molar-refractivity contribution in [2.24, 2.45) is 0 Å². The number of hydrogen-bond donors (Lipinski definition) is 2. The molecule has 0 aromatic heterocycles. The van der Waals surface area contributed by atoms with Crippen molar-refractivity contribution in [1.82, 2.24) is 10.2 Å². The molecule has 134 valence electrons. The molecule has 0 aliphatic carbocycles. The predicted octanol–water partition coefficient (Wildman–Crippen LogP) is 1.81. The van der Waals surface area contributed by atoms with Gasteiger partial charge in [0.05, 0.1) is 12.2 Å². The van der Waals surface area contributed by atoms with Crippen LogP contribution in [0.2, 0.25) is 0 Å². The number of ether oxygens (including phenoxy) is 1. The lowest BCUT2D eigenvalue weighted by Gasteiger charge is -2.19. The van der Waals surface area contributed by atoms with Crippen LogP contribution in [0, 0.1) is 0 Å². The molecule has 0 unspecified atom stereocenters. The Morgan fingerprint density at radius 1 is 1.20 bits per heavy atom. The first-order valence-corrected chi connectivity index (χ1v) is 8.23. The summed E-state index contributed by atoms with van der Waals surface area (Å²) in [6.45, 7) is 3.67. The summed E-state index contributed by atoms with van der Waals surface area (Å²) in [6.07, 6.45) is 0. The highest BCUT2D eigenvalue weighted by Crippen LogP contribution is 2.27. The number of amides is 2. The maximum atomic E-state index is 12.7. The van der Waals surface area contributed by atoms with E-state index in [-0.39, 0.29) is 37.6 Å². The van der Waals surface area contributed by atoms with Crippen LogP contribution in [0.25, 0.3) is 10.8 Å². The molecule has 2 N–H and O–H groups in total. The van der Waals surface area contributed by atoms with E-state index in [0.717, 1.165) is 10.8 Å². The number of likely N-dealkylation sites (N-methyl/N-ethyl adjacent to an activating group) is 1. The Morgan fingerprint density at radius 2 is 1.84 bits per heavy atom. The molecule has 6 nitrogen and oxygen atoms in total. The molecule has 2 aromatic carbocycles. The zero-order chi connectivity index (χ0) is 18.4. The second-order valence-corrected chi connectivity index (χ2v) is 6.16. The average Bonchev–Trinajstić information content (AvgIpc) is 2.58. The van der Waals surface area contributed by atoms with Crippen molar-refractivity contribution in [3.63, 3.8) is 0 Å². The summed E-state index contributed by atoms with van der Waals surface area (Å²) >= 11 is 0. The van der Waals surface area contributed by atoms with Crippen molar-refractivity contribution in [3.8, 4) is 5.75 Å². The van der Waals surface area contributed by atoms with Crippen molar-refractivity contribution in [1.29, 1.82) is 0 Å². The number of carbonyl (C=O) groups excluding carboxylic acids is 2. The topological polar surface area (TPSA) is 78.9 Å². The zero-order valence-corrected chi connectivity index (χ0v) is 14.8. The molecule has 0 saturated carbocycles. The SMILES string of the molecule is CC(C)NC(=O)COc1cc2ccccc2cc1C(=O)N(C)CCO. The summed E-state index contributed by atoms with van der Waals surface area (Å²) in [5, 5.41) is 13.6. The van der Waals surface area contributed by atoms with Gasteiger partial charge in [0.25, 0.3) is 11.8 Å². The van der Waals surface area contributed by atoms with Crippen LogP contribution in [-0.4, -0.2) is 54.7 Å². The van der Waals surface area contributed by atoms with Crippen molar-refractivity contribution in [2.75, 3.05) is 26.8 Å². The summed E-state index contributed by atoms with van der Waals surface area (Å²) < 4.78 is 5.64. The van der Waals surface area contributed by atoms with Crippen molar-refractivity contribution >= 4 is 22.6 Å². The van der Waals surface area contributed by atoms with Gasteiger partial charge in [0.15, 0.2) is 6.61 Å². The van der Waals surface area contributed by atoms with Crippen molar-refractivity contribution in [3.05, 3.63) is 42.0 Å². The first kappa shape index (κ1) is 18.7. The largest absolute Gasteiger partial charge is 0.483 e. The van der Waals surface area contributed by atoms with Crippen molar-refractivity contribution in [2.45, 2.75) is 19.9 Å². The number of nitrogens with zero attached hydrogens (tertiary/aromatic N) is 1. The molecule has 0 radical (unpaired) electrons. The number of aliphatic hydroxyl groups excluding tert-OH is 1. The standard InChI is InChI=1S/C19H24N2O4/c1-13(2)20-18(23)12-25-17-11-15-7-5-4-6-14(15)10-16(17)19(24)21(3)8-9-22/h4-7,10-11,13,22H,8-9,12H2,1-3H3,(H,20,23). The lowest BCUT2D eigenvalue weighted by Crippen LogP contribution is -2.34. The molecule has 0 bridgehead atoms. The van der Waals surface area contributed by atoms with E-state index in [1.54, 1.807) is 19.2 Å². The molecule has 6 heteroatoms. The molecule has 2 amide bonds. The number of aliphatic hydroxyl groups is 1. The highest BCUT2D eigenvalue weighted by atomic mass is 16.5. The minimum atomic E-state index is -0.265. The predicted molar refractivity (Wildman–Crippen MR) is 96.8 cm³/mol. The molecule has 0 aliphatic rings. The summed E-state index contributed by atoms with van der Waals surface area (Å²) in [7, 11) is 1.61. The molecular weight excluding hydrogens is 320 g/mol. The number of benzene rings is 2. The highest BCUT2D eigenvalue weighted by Gasteiger charge is 2.18. The first-order valence-electron chi connectivity index (χ1n) is 8.23. The molecule has 2 aromatic rings. The average molecular weight is 344 g/mol. The molecule has 0 aliphatic heterocycles. The van der Waals surface area contributed by atoms with Gasteiger partial charge in [-0.25, -0.2) is 0 Å². The van der Waals surface area contributed by atoms with Gasteiger partial charge in [0.2, 0.25) is 0 Å². The highest BCUT2D eigenvalue weighted by molar-refractivity contribution is 6.01. The fourth-order valence-corrected chi connectivity index (χ4v) is 2.47. The molecule has 0 fully saturated rings. The van der Waals surface area contributed by atoms with E-state index in [9.17, 15) is 9.59 Å². The Labute approximate surface area is 147 Å². The Morgan fingerprint density at radius 3 is 2.44 bits per heavy atom. The monoisotopic (exact) mass is 344 g/mol. The molecule has 0 heterocycles. The summed E-state index contributed by atoms with van der Waals surface area (Å²) in [5.74, 6) is -0.156. The summed E-state index contributed by atoms with van der Waals surface area (Å²) in [4.78, 5) is 25.9. The van der Waals surface area contributed by atoms with Gasteiger partial charge >= 0.3 is 0 Å². The van der Waals surface area contributed by atoms with Gasteiger partial charge in [0, 0.05) is 19.6 Å². The maximum absolute atomic E-state index is 12.7. The third-order valence-corrected chi connectivity index (χ3v) is 3.67. The van der Waals surface area contributed by atoms with Crippen LogP contribution in [0.15, 0.2) is 36.4 Å². The van der Waals surface area contributed by atoms with E-state index in [2.05, 4.69) is 5.32 Å². The summed E-state index contributed by atoms with van der Waals surface area (Å²) in [6, 6.07) is 11.2. The lowest BCUT2D eigenvalue weighted by atomic mass is 10.0. The van der Waals surface area contributed by atoms with E-state index in [4.69, 9.17) is 9.84 Å². The Balaban J connectivity index is 2.33. The number of nitrogens with one attached hydrogen (secondary N) is 1. The summed E-state index contributed by atoms with van der Waals surface area (Å²) in [5.41, 5.74) is 0.368. The number of fused-ring (bicyclic) bond motifs is 1. The second kappa shape index (κ2) is 8.48. The fraction of sp³-hybridized carbons (Fsp3) is 0.368. The fourth-order valence-electron chi connectivity index (χ4n) is 2.47. The van der Waals surface area contributed by atoms with Crippen LogP contribution in [0.1, 0.15) is 24.2 Å². The molecular formula is C19H24N2O4. The van der Waals surface area contributed by atoms with Crippen LogP contribution >= 0.6 is 0 Å². The Hall–Kier alpha value is -2.60. The van der Waals surface area contributed by atoms with Gasteiger partial charge in [-0.3, -0.25) is 9.59 Å². The Bertz CT molecular complexity index is 758. The smallest absolute Gasteiger partial charge is 0.258 e. The van der Waals surface area contributed by atoms with E-state index in [0.29, 0.717) is 11.3 Å². The number of hydrogen-bond acceptors (Lipinski definition) is 4. The second-order valence-electron chi connectivity index (χ2n) is 6.16. The maximum Gasteiger partial charge on any atom is 0.258 e. The number of rotatable bonds is 7. The normalized spacial score (nSPS) is 10.8. The molecule has 25 heavy (non-hydrogen) atoms. The van der Waals surface area contributed by atoms with Crippen LogP contribution in [0.3, 0.4) is 0 Å². The van der Waals surface area contributed by atoms with E-state index < -0.39 is 0 Å². The van der Waals surface area contributed by atoms with Gasteiger partial charge < -0.3 is 20.1 Å². The minimum absolute atomic E-state index is 0.0180. The van der Waals surface area contributed by atoms with Gasteiger partial charge in [0.1, 0.15) is 5.75 Å². The van der Waals surface area contributed by atoms with Gasteiger partial charge in [-0.05, 0) is 36.8 Å². The molecule has 0 saturated heterocycles. The Kier molecular flexibility index (Phi) is 6.36. The lowest BCUT2D eigenvalue weighted by molar-refractivity contribution is -0.123. The van der Waals surface area contributed by atoms with Crippen LogP contribution < -0.4 is 10.1 Å². The van der Waals surface area contributed by atoms with E-state index in [1.807, 2.05) is 38.1 Å². The molecule has 2 rings (SSSR count). The van der Waals surface area contributed by atoms with Crippen molar-refractivity contribution < 1.29 is 19.4 Å². The zero-order valence-electron chi connectivity index (χ0n) is 14.8. The van der Waals surface area contributed by atoms with Gasteiger partial charge in [-0.15, -0.1) is 0 Å². The quantitative estimate of drug-likeness (QED) is 0.803. The molecule has 0 atom stereocenters. The van der Waals surface area contributed by atoms with E-state index in [1.165, 1.54) is 4.90 Å². The first-order chi connectivity index (χ1) is 11.9. The van der Waals surface area contributed by atoms with Crippen LogP contribution in [0.4, 0.5) is 0 Å².